The molecule has 0 bridgehead atoms. The van der Waals surface area contributed by atoms with E-state index in [2.05, 4.69) is 15.9 Å². The molecule has 0 amide bonds. The van der Waals surface area contributed by atoms with Gasteiger partial charge in [-0.05, 0) is 46.3 Å². The van der Waals surface area contributed by atoms with Crippen molar-refractivity contribution in [2.75, 3.05) is 6.54 Å². The van der Waals surface area contributed by atoms with Crippen LogP contribution < -0.4 is 5.73 Å². The van der Waals surface area contributed by atoms with E-state index in [4.69, 9.17) is 5.73 Å². The summed E-state index contributed by atoms with van der Waals surface area (Å²) in [7, 11) is 0. The Labute approximate surface area is 126 Å². The summed E-state index contributed by atoms with van der Waals surface area (Å²) in [6.07, 6.45) is 0.234. The number of hydrogen-bond donors (Lipinski definition) is 2. The first kappa shape index (κ1) is 14.7. The summed E-state index contributed by atoms with van der Waals surface area (Å²) in [5.74, 6) is 0. The predicted octanol–water partition coefficient (Wildman–Crippen LogP) is 3.33. The molecule has 0 fully saturated rings. The maximum absolute atomic E-state index is 10.3. The molecule has 0 saturated heterocycles. The Morgan fingerprint density at radius 3 is 2.47 bits per heavy atom. The zero-order chi connectivity index (χ0) is 13.9. The Kier molecular flexibility index (Phi) is 4.79. The highest BCUT2D eigenvalue weighted by atomic mass is 79.9. The van der Waals surface area contributed by atoms with Crippen molar-refractivity contribution in [2.24, 2.45) is 5.73 Å². The standard InChI is InChI=1S/C15H18BrNOS/c1-11(18)15(10-17,12-5-3-2-4-6-12)9-14-13(16)7-8-19-14/h2-8,11,18H,9-10,17H2,1H3. The molecular weight excluding hydrogens is 322 g/mol. The van der Waals surface area contributed by atoms with Gasteiger partial charge in [-0.15, -0.1) is 11.3 Å². The largest absolute Gasteiger partial charge is 0.392 e. The Hall–Kier alpha value is -0.680. The van der Waals surface area contributed by atoms with Crippen molar-refractivity contribution in [1.82, 2.24) is 0 Å². The van der Waals surface area contributed by atoms with Crippen molar-refractivity contribution >= 4 is 27.3 Å². The van der Waals surface area contributed by atoms with Crippen molar-refractivity contribution in [3.05, 3.63) is 56.7 Å². The fourth-order valence-corrected chi connectivity index (χ4v) is 3.98. The molecule has 0 saturated carbocycles. The van der Waals surface area contributed by atoms with Gasteiger partial charge in [-0.1, -0.05) is 30.3 Å². The second-order valence-electron chi connectivity index (χ2n) is 4.77. The summed E-state index contributed by atoms with van der Waals surface area (Å²) in [5, 5.41) is 12.4. The first-order valence-electron chi connectivity index (χ1n) is 6.25. The van der Waals surface area contributed by atoms with E-state index in [1.807, 2.05) is 48.7 Å². The zero-order valence-electron chi connectivity index (χ0n) is 10.8. The molecule has 0 aliphatic heterocycles. The second-order valence-corrected chi connectivity index (χ2v) is 6.63. The average Bonchev–Trinajstić information content (AvgIpc) is 2.82. The molecule has 2 rings (SSSR count). The molecule has 2 atom stereocenters. The van der Waals surface area contributed by atoms with Crippen LogP contribution in [0.3, 0.4) is 0 Å². The summed E-state index contributed by atoms with van der Waals surface area (Å²) >= 11 is 5.25. The molecule has 0 aliphatic carbocycles. The van der Waals surface area contributed by atoms with E-state index in [1.54, 1.807) is 11.3 Å². The summed E-state index contributed by atoms with van der Waals surface area (Å²) < 4.78 is 1.09. The van der Waals surface area contributed by atoms with Crippen LogP contribution in [0.2, 0.25) is 0 Å². The van der Waals surface area contributed by atoms with E-state index in [0.29, 0.717) is 6.54 Å². The maximum atomic E-state index is 10.3. The number of rotatable bonds is 5. The monoisotopic (exact) mass is 339 g/mol. The molecule has 102 valence electrons. The van der Waals surface area contributed by atoms with E-state index in [9.17, 15) is 5.11 Å². The van der Waals surface area contributed by atoms with E-state index in [0.717, 1.165) is 16.5 Å². The van der Waals surface area contributed by atoms with Crippen LogP contribution in [0.25, 0.3) is 0 Å². The minimum atomic E-state index is -0.506. The molecule has 1 aromatic carbocycles. The highest BCUT2D eigenvalue weighted by Gasteiger charge is 2.36. The lowest BCUT2D eigenvalue weighted by atomic mass is 9.73. The molecule has 19 heavy (non-hydrogen) atoms. The molecule has 2 unspecified atom stereocenters. The third kappa shape index (κ3) is 2.92. The van der Waals surface area contributed by atoms with Crippen molar-refractivity contribution in [3.8, 4) is 0 Å². The summed E-state index contributed by atoms with van der Waals surface area (Å²) in [5.41, 5.74) is 6.69. The number of aliphatic hydroxyl groups excluding tert-OH is 1. The van der Waals surface area contributed by atoms with Gasteiger partial charge in [0.2, 0.25) is 0 Å². The highest BCUT2D eigenvalue weighted by molar-refractivity contribution is 9.10. The van der Waals surface area contributed by atoms with E-state index in [1.165, 1.54) is 4.88 Å². The Morgan fingerprint density at radius 1 is 1.32 bits per heavy atom. The van der Waals surface area contributed by atoms with Gasteiger partial charge >= 0.3 is 0 Å². The van der Waals surface area contributed by atoms with Gasteiger partial charge in [0.05, 0.1) is 6.10 Å². The number of benzene rings is 1. The van der Waals surface area contributed by atoms with Gasteiger partial charge in [0.25, 0.3) is 0 Å². The SMILES string of the molecule is CC(O)C(CN)(Cc1sccc1Br)c1ccccc1. The summed E-state index contributed by atoms with van der Waals surface area (Å²) in [6, 6.07) is 12.1. The number of aliphatic hydroxyl groups is 1. The third-order valence-electron chi connectivity index (χ3n) is 3.68. The van der Waals surface area contributed by atoms with E-state index in [-0.39, 0.29) is 0 Å². The van der Waals surface area contributed by atoms with Crippen LogP contribution in [0.15, 0.2) is 46.3 Å². The van der Waals surface area contributed by atoms with Crippen LogP contribution in [0.4, 0.5) is 0 Å². The molecule has 1 heterocycles. The van der Waals surface area contributed by atoms with Crippen LogP contribution >= 0.6 is 27.3 Å². The van der Waals surface area contributed by atoms with Gasteiger partial charge in [-0.25, -0.2) is 0 Å². The van der Waals surface area contributed by atoms with Crippen LogP contribution in [-0.2, 0) is 11.8 Å². The Balaban J connectivity index is 2.43. The molecular formula is C15H18BrNOS. The minimum absolute atomic E-state index is 0.416. The van der Waals surface area contributed by atoms with Crippen molar-refractivity contribution in [2.45, 2.75) is 24.9 Å². The van der Waals surface area contributed by atoms with Gasteiger partial charge in [0.1, 0.15) is 0 Å². The lowest BCUT2D eigenvalue weighted by Crippen LogP contribution is -2.46. The molecule has 0 spiro atoms. The Bertz CT molecular complexity index is 526. The maximum Gasteiger partial charge on any atom is 0.0624 e. The van der Waals surface area contributed by atoms with Gasteiger partial charge in [0, 0.05) is 21.3 Å². The summed E-state index contributed by atoms with van der Waals surface area (Å²) in [4.78, 5) is 1.22. The van der Waals surface area contributed by atoms with Crippen molar-refractivity contribution in [3.63, 3.8) is 0 Å². The fraction of sp³-hybridized carbons (Fsp3) is 0.333. The molecule has 1 aromatic heterocycles. The Morgan fingerprint density at radius 2 is 2.00 bits per heavy atom. The minimum Gasteiger partial charge on any atom is -0.392 e. The lowest BCUT2D eigenvalue weighted by molar-refractivity contribution is 0.101. The molecule has 2 aromatic rings. The molecule has 0 aliphatic rings. The van der Waals surface area contributed by atoms with Gasteiger partial charge < -0.3 is 10.8 Å². The number of nitrogens with two attached hydrogens (primary N) is 1. The molecule has 2 nitrogen and oxygen atoms in total. The van der Waals surface area contributed by atoms with Crippen LogP contribution in [0, 0.1) is 0 Å². The molecule has 4 heteroatoms. The number of halogens is 1. The third-order valence-corrected chi connectivity index (χ3v) is 5.61. The first-order chi connectivity index (χ1) is 9.10. The average molecular weight is 340 g/mol. The van der Waals surface area contributed by atoms with Crippen LogP contribution in [0.5, 0.6) is 0 Å². The molecule has 3 N–H and O–H groups in total. The first-order valence-corrected chi connectivity index (χ1v) is 7.93. The highest BCUT2D eigenvalue weighted by Crippen LogP contribution is 2.35. The topological polar surface area (TPSA) is 46.2 Å². The number of hydrogen-bond acceptors (Lipinski definition) is 3. The van der Waals surface area contributed by atoms with Crippen LogP contribution in [-0.4, -0.2) is 17.8 Å². The predicted molar refractivity (Wildman–Crippen MR) is 84.6 cm³/mol. The lowest BCUT2D eigenvalue weighted by Gasteiger charge is -2.36. The fourth-order valence-electron chi connectivity index (χ4n) is 2.36. The van der Waals surface area contributed by atoms with Crippen molar-refractivity contribution in [1.29, 1.82) is 0 Å². The smallest absolute Gasteiger partial charge is 0.0624 e. The summed E-state index contributed by atoms with van der Waals surface area (Å²) in [6.45, 7) is 2.24. The van der Waals surface area contributed by atoms with Crippen molar-refractivity contribution < 1.29 is 5.11 Å². The van der Waals surface area contributed by atoms with Gasteiger partial charge in [-0.3, -0.25) is 0 Å². The second kappa shape index (κ2) is 6.18. The number of thiophene rings is 1. The normalized spacial score (nSPS) is 16.0. The van der Waals surface area contributed by atoms with Gasteiger partial charge in [0.15, 0.2) is 0 Å². The van der Waals surface area contributed by atoms with E-state index >= 15 is 0 Å². The van der Waals surface area contributed by atoms with Crippen LogP contribution in [0.1, 0.15) is 17.4 Å². The molecule has 0 radical (unpaired) electrons. The zero-order valence-corrected chi connectivity index (χ0v) is 13.2. The van der Waals surface area contributed by atoms with E-state index < -0.39 is 11.5 Å². The quantitative estimate of drug-likeness (QED) is 0.877. The van der Waals surface area contributed by atoms with Gasteiger partial charge in [-0.2, -0.15) is 0 Å².